The maximum atomic E-state index is 5.35. The Morgan fingerprint density at radius 1 is 1.00 bits per heavy atom. The molecular formula is C15H20N4O3. The first-order valence-electron chi connectivity index (χ1n) is 6.80. The number of hydrogen-bond donors (Lipinski definition) is 2. The van der Waals surface area contributed by atoms with E-state index in [-0.39, 0.29) is 0 Å². The van der Waals surface area contributed by atoms with Crippen molar-refractivity contribution in [2.24, 2.45) is 0 Å². The van der Waals surface area contributed by atoms with E-state index in [0.29, 0.717) is 24.7 Å². The lowest BCUT2D eigenvalue weighted by Gasteiger charge is -2.12. The van der Waals surface area contributed by atoms with E-state index in [4.69, 9.17) is 14.2 Å². The molecule has 0 saturated carbocycles. The SMILES string of the molecule is COCCNc1cc(Nc2ccc(OC)cc2OC)ncn1. The molecule has 0 fully saturated rings. The Labute approximate surface area is 129 Å². The Kier molecular flexibility index (Phi) is 5.79. The van der Waals surface area contributed by atoms with Crippen LogP contribution in [0.4, 0.5) is 17.3 Å². The molecule has 2 N–H and O–H groups in total. The second-order valence-corrected chi connectivity index (χ2v) is 4.40. The Balaban J connectivity index is 2.11. The fraction of sp³-hybridized carbons (Fsp3) is 0.333. The Hall–Kier alpha value is -2.54. The van der Waals surface area contributed by atoms with Crippen LogP contribution in [0.2, 0.25) is 0 Å². The summed E-state index contributed by atoms with van der Waals surface area (Å²) in [5, 5.41) is 6.35. The summed E-state index contributed by atoms with van der Waals surface area (Å²) < 4.78 is 15.5. The molecule has 1 heterocycles. The average Bonchev–Trinajstić information content (AvgIpc) is 2.56. The van der Waals surface area contributed by atoms with E-state index in [9.17, 15) is 0 Å². The number of nitrogens with one attached hydrogen (secondary N) is 2. The largest absolute Gasteiger partial charge is 0.497 e. The molecule has 0 aliphatic rings. The monoisotopic (exact) mass is 304 g/mol. The van der Waals surface area contributed by atoms with E-state index in [1.54, 1.807) is 27.4 Å². The van der Waals surface area contributed by atoms with Gasteiger partial charge in [-0.25, -0.2) is 9.97 Å². The summed E-state index contributed by atoms with van der Waals surface area (Å²) in [7, 11) is 4.88. The highest BCUT2D eigenvalue weighted by Gasteiger charge is 2.06. The van der Waals surface area contributed by atoms with Crippen LogP contribution in [0.15, 0.2) is 30.6 Å². The zero-order valence-corrected chi connectivity index (χ0v) is 12.9. The first-order chi connectivity index (χ1) is 10.8. The number of methoxy groups -OCH3 is 3. The van der Waals surface area contributed by atoms with E-state index in [1.165, 1.54) is 6.33 Å². The topological polar surface area (TPSA) is 77.5 Å². The van der Waals surface area contributed by atoms with Gasteiger partial charge in [0.25, 0.3) is 0 Å². The molecule has 0 atom stereocenters. The van der Waals surface area contributed by atoms with Gasteiger partial charge in [0, 0.05) is 25.8 Å². The number of ether oxygens (including phenoxy) is 3. The quantitative estimate of drug-likeness (QED) is 0.724. The highest BCUT2D eigenvalue weighted by Crippen LogP contribution is 2.31. The molecule has 1 aromatic carbocycles. The minimum absolute atomic E-state index is 0.610. The Morgan fingerprint density at radius 2 is 1.82 bits per heavy atom. The maximum Gasteiger partial charge on any atom is 0.146 e. The van der Waals surface area contributed by atoms with Crippen molar-refractivity contribution >= 4 is 17.3 Å². The van der Waals surface area contributed by atoms with Crippen molar-refractivity contribution in [2.45, 2.75) is 0 Å². The summed E-state index contributed by atoms with van der Waals surface area (Å²) in [4.78, 5) is 8.35. The molecule has 2 rings (SSSR count). The molecule has 0 bridgehead atoms. The molecule has 0 saturated heterocycles. The molecule has 1 aromatic heterocycles. The molecule has 2 aromatic rings. The average molecular weight is 304 g/mol. The fourth-order valence-corrected chi connectivity index (χ4v) is 1.84. The van der Waals surface area contributed by atoms with E-state index in [2.05, 4.69) is 20.6 Å². The van der Waals surface area contributed by atoms with Crippen molar-refractivity contribution in [3.63, 3.8) is 0 Å². The van der Waals surface area contributed by atoms with Crippen LogP contribution < -0.4 is 20.1 Å². The molecular weight excluding hydrogens is 284 g/mol. The van der Waals surface area contributed by atoms with Gasteiger partial charge in [-0.05, 0) is 12.1 Å². The van der Waals surface area contributed by atoms with Crippen molar-refractivity contribution in [2.75, 3.05) is 45.1 Å². The van der Waals surface area contributed by atoms with Gasteiger partial charge in [0.15, 0.2) is 0 Å². The third-order valence-corrected chi connectivity index (χ3v) is 2.95. The number of benzene rings is 1. The predicted octanol–water partition coefficient (Wildman–Crippen LogP) is 2.30. The number of nitrogens with zero attached hydrogens (tertiary/aromatic N) is 2. The molecule has 7 nitrogen and oxygen atoms in total. The molecule has 0 spiro atoms. The number of rotatable bonds is 8. The molecule has 0 amide bonds. The van der Waals surface area contributed by atoms with Crippen LogP contribution in [-0.2, 0) is 4.74 Å². The lowest BCUT2D eigenvalue weighted by molar-refractivity contribution is 0.210. The number of hydrogen-bond acceptors (Lipinski definition) is 7. The summed E-state index contributed by atoms with van der Waals surface area (Å²) in [6.07, 6.45) is 1.49. The van der Waals surface area contributed by atoms with Gasteiger partial charge in [0.05, 0.1) is 26.5 Å². The van der Waals surface area contributed by atoms with Crippen LogP contribution in [0.3, 0.4) is 0 Å². The van der Waals surface area contributed by atoms with Gasteiger partial charge >= 0.3 is 0 Å². The van der Waals surface area contributed by atoms with Crippen molar-refractivity contribution in [3.05, 3.63) is 30.6 Å². The second kappa shape index (κ2) is 8.04. The van der Waals surface area contributed by atoms with Gasteiger partial charge in [-0.3, -0.25) is 0 Å². The van der Waals surface area contributed by atoms with Crippen molar-refractivity contribution in [1.82, 2.24) is 9.97 Å². The van der Waals surface area contributed by atoms with E-state index in [1.807, 2.05) is 18.2 Å². The highest BCUT2D eigenvalue weighted by atomic mass is 16.5. The minimum Gasteiger partial charge on any atom is -0.497 e. The molecule has 118 valence electrons. The van der Waals surface area contributed by atoms with E-state index in [0.717, 1.165) is 17.3 Å². The van der Waals surface area contributed by atoms with E-state index >= 15 is 0 Å². The summed E-state index contributed by atoms with van der Waals surface area (Å²) in [5.74, 6) is 2.79. The minimum atomic E-state index is 0.610. The van der Waals surface area contributed by atoms with Crippen LogP contribution in [0.1, 0.15) is 0 Å². The molecule has 0 aliphatic carbocycles. The fourth-order valence-electron chi connectivity index (χ4n) is 1.84. The number of aromatic nitrogens is 2. The summed E-state index contributed by atoms with van der Waals surface area (Å²) >= 11 is 0. The first-order valence-corrected chi connectivity index (χ1v) is 6.80. The van der Waals surface area contributed by atoms with Crippen molar-refractivity contribution < 1.29 is 14.2 Å². The van der Waals surface area contributed by atoms with Crippen LogP contribution in [0, 0.1) is 0 Å². The molecule has 7 heteroatoms. The van der Waals surface area contributed by atoms with Crippen molar-refractivity contribution in [1.29, 1.82) is 0 Å². The van der Waals surface area contributed by atoms with Gasteiger partial charge in [-0.2, -0.15) is 0 Å². The lowest BCUT2D eigenvalue weighted by Crippen LogP contribution is -2.09. The van der Waals surface area contributed by atoms with Crippen LogP contribution >= 0.6 is 0 Å². The molecule has 0 aliphatic heterocycles. The number of anilines is 3. The summed E-state index contributed by atoms with van der Waals surface area (Å²) in [6.45, 7) is 1.29. The van der Waals surface area contributed by atoms with Gasteiger partial charge < -0.3 is 24.8 Å². The highest BCUT2D eigenvalue weighted by molar-refractivity contribution is 5.66. The van der Waals surface area contributed by atoms with Crippen LogP contribution in [0.5, 0.6) is 11.5 Å². The van der Waals surface area contributed by atoms with Gasteiger partial charge in [0.2, 0.25) is 0 Å². The zero-order valence-electron chi connectivity index (χ0n) is 12.9. The van der Waals surface area contributed by atoms with E-state index < -0.39 is 0 Å². The lowest BCUT2D eigenvalue weighted by atomic mass is 10.2. The third kappa shape index (κ3) is 4.23. The Bertz CT molecular complexity index is 607. The zero-order chi connectivity index (χ0) is 15.8. The van der Waals surface area contributed by atoms with Gasteiger partial charge in [0.1, 0.15) is 29.5 Å². The molecule has 0 unspecified atom stereocenters. The van der Waals surface area contributed by atoms with Crippen LogP contribution in [0.25, 0.3) is 0 Å². The van der Waals surface area contributed by atoms with Crippen molar-refractivity contribution in [3.8, 4) is 11.5 Å². The predicted molar refractivity (Wildman–Crippen MR) is 85.2 cm³/mol. The normalized spacial score (nSPS) is 10.1. The smallest absolute Gasteiger partial charge is 0.146 e. The Morgan fingerprint density at radius 3 is 2.55 bits per heavy atom. The standard InChI is InChI=1S/C15H20N4O3/c1-20-7-6-16-14-9-15(18-10-17-14)19-12-5-4-11(21-2)8-13(12)22-3/h4-5,8-10H,6-7H2,1-3H3,(H2,16,17,18,19). The maximum absolute atomic E-state index is 5.35. The molecule has 0 radical (unpaired) electrons. The summed E-state index contributed by atoms with van der Waals surface area (Å²) in [5.41, 5.74) is 0.796. The van der Waals surface area contributed by atoms with Gasteiger partial charge in [-0.15, -0.1) is 0 Å². The molecule has 22 heavy (non-hydrogen) atoms. The van der Waals surface area contributed by atoms with Gasteiger partial charge in [-0.1, -0.05) is 0 Å². The van der Waals surface area contributed by atoms with Crippen LogP contribution in [-0.4, -0.2) is 44.4 Å². The summed E-state index contributed by atoms with van der Waals surface area (Å²) in [6, 6.07) is 7.35. The second-order valence-electron chi connectivity index (χ2n) is 4.40. The first kappa shape index (κ1) is 15.8. The third-order valence-electron chi connectivity index (χ3n) is 2.95.